The first kappa shape index (κ1) is 29.3. The van der Waals surface area contributed by atoms with Crippen LogP contribution in [0.4, 0.5) is 5.69 Å². The maximum Gasteiger partial charge on any atom is 0.244 e. The lowest BCUT2D eigenvalue weighted by molar-refractivity contribution is -0.140. The minimum absolute atomic E-state index is 0.0964. The van der Waals surface area contributed by atoms with Crippen molar-refractivity contribution in [3.05, 3.63) is 64.1 Å². The molecule has 10 heteroatoms. The second-order valence-electron chi connectivity index (χ2n) is 9.46. The van der Waals surface area contributed by atoms with Gasteiger partial charge in [-0.1, -0.05) is 79.7 Å². The maximum absolute atomic E-state index is 13.8. The Morgan fingerprint density at radius 1 is 1.05 bits per heavy atom. The molecule has 202 valence electrons. The van der Waals surface area contributed by atoms with Crippen LogP contribution < -0.4 is 9.62 Å². The van der Waals surface area contributed by atoms with E-state index in [-0.39, 0.29) is 29.2 Å². The van der Waals surface area contributed by atoms with Crippen LogP contribution in [-0.2, 0) is 26.0 Å². The lowest BCUT2D eigenvalue weighted by Gasteiger charge is -2.34. The van der Waals surface area contributed by atoms with Crippen LogP contribution >= 0.6 is 23.2 Å². The Bertz CT molecular complexity index is 1170. The summed E-state index contributed by atoms with van der Waals surface area (Å²) < 4.78 is 26.4. The van der Waals surface area contributed by atoms with Crippen molar-refractivity contribution in [2.45, 2.75) is 64.0 Å². The number of sulfonamides is 1. The van der Waals surface area contributed by atoms with Crippen LogP contribution in [-0.4, -0.2) is 56.6 Å². The van der Waals surface area contributed by atoms with Gasteiger partial charge in [0.15, 0.2) is 0 Å². The van der Waals surface area contributed by atoms with Crippen LogP contribution in [0, 0.1) is 0 Å². The lowest BCUT2D eigenvalue weighted by atomic mass is 9.95. The first-order chi connectivity index (χ1) is 17.6. The molecule has 1 atom stereocenters. The predicted molar refractivity (Wildman–Crippen MR) is 150 cm³/mol. The number of halogens is 2. The monoisotopic (exact) mass is 567 g/mol. The first-order valence-electron chi connectivity index (χ1n) is 12.7. The Balaban J connectivity index is 1.88. The molecule has 0 aliphatic heterocycles. The zero-order valence-electron chi connectivity index (χ0n) is 21.3. The van der Waals surface area contributed by atoms with Gasteiger partial charge in [-0.25, -0.2) is 8.42 Å². The van der Waals surface area contributed by atoms with E-state index in [0.717, 1.165) is 41.8 Å². The Morgan fingerprint density at radius 3 is 2.35 bits per heavy atom. The lowest BCUT2D eigenvalue weighted by Crippen LogP contribution is -2.54. The largest absolute Gasteiger partial charge is 0.352 e. The molecule has 0 saturated heterocycles. The van der Waals surface area contributed by atoms with Gasteiger partial charge >= 0.3 is 0 Å². The number of benzene rings is 2. The maximum atomic E-state index is 13.8. The molecule has 2 aromatic rings. The second kappa shape index (κ2) is 13.5. The standard InChI is InChI=1S/C27H35Cl2N3O4S/c1-3-24(27(34)30-22-12-8-5-9-13-22)31(17-16-20-10-6-4-7-11-20)26(33)19-32(37(2,35)36)25-18-21(28)14-15-23(25)29/h4,6-7,10-11,14-15,18,22,24H,3,5,8-9,12-13,16-17,19H2,1-2H3,(H,30,34)/t24-/m0/s1. The van der Waals surface area contributed by atoms with Crippen molar-refractivity contribution in [2.24, 2.45) is 0 Å². The summed E-state index contributed by atoms with van der Waals surface area (Å²) in [5, 5.41) is 3.58. The van der Waals surface area contributed by atoms with E-state index in [4.69, 9.17) is 23.2 Å². The highest BCUT2D eigenvalue weighted by molar-refractivity contribution is 7.92. The smallest absolute Gasteiger partial charge is 0.244 e. The molecule has 1 fully saturated rings. The summed E-state index contributed by atoms with van der Waals surface area (Å²) in [5.74, 6) is -0.689. The zero-order chi connectivity index (χ0) is 27.0. The second-order valence-corrected chi connectivity index (χ2v) is 12.2. The summed E-state index contributed by atoms with van der Waals surface area (Å²) >= 11 is 12.4. The van der Waals surface area contributed by atoms with Gasteiger partial charge in [-0.2, -0.15) is 0 Å². The van der Waals surface area contributed by atoms with E-state index in [9.17, 15) is 18.0 Å². The fraction of sp³-hybridized carbons (Fsp3) is 0.481. The summed E-state index contributed by atoms with van der Waals surface area (Å²) in [5.41, 5.74) is 1.13. The minimum atomic E-state index is -3.89. The minimum Gasteiger partial charge on any atom is -0.352 e. The fourth-order valence-corrected chi connectivity index (χ4v) is 6.00. The van der Waals surface area contributed by atoms with E-state index in [2.05, 4.69) is 5.32 Å². The number of nitrogens with zero attached hydrogens (tertiary/aromatic N) is 2. The van der Waals surface area contributed by atoms with Crippen molar-refractivity contribution >= 4 is 50.7 Å². The number of carbonyl (C=O) groups is 2. The summed E-state index contributed by atoms with van der Waals surface area (Å²) in [6, 6.07) is 13.5. The Morgan fingerprint density at radius 2 is 1.73 bits per heavy atom. The number of anilines is 1. The third kappa shape index (κ3) is 8.35. The fourth-order valence-electron chi connectivity index (χ4n) is 4.71. The van der Waals surface area contributed by atoms with Crippen molar-refractivity contribution in [3.8, 4) is 0 Å². The van der Waals surface area contributed by atoms with Crippen LogP contribution in [0.1, 0.15) is 51.0 Å². The van der Waals surface area contributed by atoms with Gasteiger partial charge < -0.3 is 10.2 Å². The third-order valence-corrected chi connectivity index (χ3v) is 8.36. The highest BCUT2D eigenvalue weighted by Crippen LogP contribution is 2.31. The van der Waals surface area contributed by atoms with Gasteiger partial charge in [0, 0.05) is 17.6 Å². The summed E-state index contributed by atoms with van der Waals surface area (Å²) in [6.45, 7) is 1.62. The number of rotatable bonds is 11. The average Bonchev–Trinajstić information content (AvgIpc) is 2.87. The molecule has 1 saturated carbocycles. The molecule has 2 amide bonds. The quantitative estimate of drug-likeness (QED) is 0.411. The van der Waals surface area contributed by atoms with E-state index in [1.807, 2.05) is 37.3 Å². The van der Waals surface area contributed by atoms with E-state index in [1.54, 1.807) is 6.07 Å². The molecular formula is C27H35Cl2N3O4S. The van der Waals surface area contributed by atoms with E-state index < -0.39 is 28.5 Å². The van der Waals surface area contributed by atoms with Gasteiger partial charge in [0.25, 0.3) is 0 Å². The van der Waals surface area contributed by atoms with Crippen LogP contribution in [0.5, 0.6) is 0 Å². The van der Waals surface area contributed by atoms with Crippen LogP contribution in [0.15, 0.2) is 48.5 Å². The molecule has 7 nitrogen and oxygen atoms in total. The molecule has 3 rings (SSSR count). The molecule has 1 aliphatic rings. The van der Waals surface area contributed by atoms with Gasteiger partial charge in [-0.15, -0.1) is 0 Å². The molecule has 2 aromatic carbocycles. The highest BCUT2D eigenvalue weighted by atomic mass is 35.5. The summed E-state index contributed by atoms with van der Waals surface area (Å²) in [7, 11) is -3.89. The topological polar surface area (TPSA) is 86.8 Å². The molecule has 1 N–H and O–H groups in total. The van der Waals surface area contributed by atoms with Gasteiger partial charge in [0.2, 0.25) is 21.8 Å². The van der Waals surface area contributed by atoms with Crippen molar-refractivity contribution < 1.29 is 18.0 Å². The first-order valence-corrected chi connectivity index (χ1v) is 15.3. The molecule has 0 aromatic heterocycles. The van der Waals surface area contributed by atoms with Crippen LogP contribution in [0.25, 0.3) is 0 Å². The van der Waals surface area contributed by atoms with Crippen molar-refractivity contribution in [3.63, 3.8) is 0 Å². The molecule has 0 radical (unpaired) electrons. The number of carbonyl (C=O) groups excluding carboxylic acids is 2. The Hall–Kier alpha value is -2.29. The third-order valence-electron chi connectivity index (χ3n) is 6.68. The molecule has 37 heavy (non-hydrogen) atoms. The zero-order valence-corrected chi connectivity index (χ0v) is 23.7. The number of nitrogens with one attached hydrogen (secondary N) is 1. The number of hydrogen-bond acceptors (Lipinski definition) is 4. The molecule has 0 heterocycles. The van der Waals surface area contributed by atoms with Gasteiger partial charge in [-0.3, -0.25) is 13.9 Å². The SMILES string of the molecule is CC[C@@H](C(=O)NC1CCCCC1)N(CCc1ccccc1)C(=O)CN(c1cc(Cl)ccc1Cl)S(C)(=O)=O. The van der Waals surface area contributed by atoms with Crippen molar-refractivity contribution in [1.29, 1.82) is 0 Å². The van der Waals surface area contributed by atoms with E-state index in [1.165, 1.54) is 23.5 Å². The average molecular weight is 569 g/mol. The molecule has 0 unspecified atom stereocenters. The van der Waals surface area contributed by atoms with Gasteiger partial charge in [0.1, 0.15) is 12.6 Å². The predicted octanol–water partition coefficient (Wildman–Crippen LogP) is 5.06. The van der Waals surface area contributed by atoms with Crippen molar-refractivity contribution in [1.82, 2.24) is 10.2 Å². The normalized spacial score (nSPS) is 15.1. The van der Waals surface area contributed by atoms with Crippen LogP contribution in [0.2, 0.25) is 10.0 Å². The molecule has 1 aliphatic carbocycles. The molecular weight excluding hydrogens is 533 g/mol. The van der Waals surface area contributed by atoms with E-state index >= 15 is 0 Å². The van der Waals surface area contributed by atoms with Crippen LogP contribution in [0.3, 0.4) is 0 Å². The van der Waals surface area contributed by atoms with Gasteiger partial charge in [-0.05, 0) is 49.4 Å². The molecule has 0 bridgehead atoms. The Labute approximate surface area is 230 Å². The highest BCUT2D eigenvalue weighted by Gasteiger charge is 2.33. The summed E-state index contributed by atoms with van der Waals surface area (Å²) in [6.07, 6.45) is 7.10. The number of hydrogen-bond donors (Lipinski definition) is 1. The summed E-state index contributed by atoms with van der Waals surface area (Å²) in [4.78, 5) is 28.6. The van der Waals surface area contributed by atoms with E-state index in [0.29, 0.717) is 17.9 Å². The molecule has 0 spiro atoms. The van der Waals surface area contributed by atoms with Crippen molar-refractivity contribution in [2.75, 3.05) is 23.7 Å². The Kier molecular flexibility index (Phi) is 10.7. The van der Waals surface area contributed by atoms with Gasteiger partial charge in [0.05, 0.1) is 17.0 Å². The number of amides is 2.